The number of carbonyl (C=O) groups is 4. The highest BCUT2D eigenvalue weighted by atomic mass is 32.1. The summed E-state index contributed by atoms with van der Waals surface area (Å²) in [5, 5.41) is 7.03. The monoisotopic (exact) mass is 500 g/mol. The predicted octanol–water partition coefficient (Wildman–Crippen LogP) is 2.84. The molecule has 0 radical (unpaired) electrons. The van der Waals surface area contributed by atoms with Crippen molar-refractivity contribution >= 4 is 40.3 Å². The van der Waals surface area contributed by atoms with Crippen molar-refractivity contribution in [2.45, 2.75) is 44.2 Å². The number of nitrogens with one attached hydrogen (secondary N) is 2. The number of nitrogens with zero attached hydrogens (tertiary/aromatic N) is 2. The van der Waals surface area contributed by atoms with Gasteiger partial charge < -0.3 is 24.8 Å². The third-order valence-electron chi connectivity index (χ3n) is 6.48. The molecule has 4 amide bonds. The van der Waals surface area contributed by atoms with Gasteiger partial charge in [-0.05, 0) is 30.0 Å². The van der Waals surface area contributed by atoms with Gasteiger partial charge in [0.25, 0.3) is 5.91 Å². The smallest absolute Gasteiger partial charge is 0.357 e. The summed E-state index contributed by atoms with van der Waals surface area (Å²) in [6.45, 7) is 0.0912. The summed E-state index contributed by atoms with van der Waals surface area (Å²) in [6.07, 6.45) is 4.32. The molecule has 2 N–H and O–H groups in total. The van der Waals surface area contributed by atoms with E-state index in [1.807, 2.05) is 0 Å². The zero-order chi connectivity index (χ0) is 24.5. The lowest BCUT2D eigenvalue weighted by molar-refractivity contribution is -0.134. The van der Waals surface area contributed by atoms with Gasteiger partial charge in [-0.3, -0.25) is 9.59 Å². The van der Waals surface area contributed by atoms with Crippen molar-refractivity contribution in [3.8, 4) is 11.5 Å². The van der Waals surface area contributed by atoms with Gasteiger partial charge >= 0.3 is 12.0 Å². The second-order valence-electron chi connectivity index (χ2n) is 8.62. The Labute approximate surface area is 204 Å². The van der Waals surface area contributed by atoms with Crippen LogP contribution in [0.2, 0.25) is 0 Å². The lowest BCUT2D eigenvalue weighted by Crippen LogP contribution is -2.48. The molecule has 1 aromatic heterocycles. The molecule has 5 rings (SSSR count). The Balaban J connectivity index is 1.38. The van der Waals surface area contributed by atoms with E-state index in [1.54, 1.807) is 18.2 Å². The predicted molar refractivity (Wildman–Crippen MR) is 123 cm³/mol. The molecule has 3 aliphatic rings. The Morgan fingerprint density at radius 1 is 1.26 bits per heavy atom. The van der Waals surface area contributed by atoms with Crippen LogP contribution in [0.15, 0.2) is 23.6 Å². The van der Waals surface area contributed by atoms with Crippen molar-refractivity contribution in [3.63, 3.8) is 0 Å². The van der Waals surface area contributed by atoms with E-state index in [9.17, 15) is 19.2 Å². The third kappa shape index (κ3) is 4.53. The van der Waals surface area contributed by atoms with Crippen LogP contribution in [0.25, 0.3) is 0 Å². The SMILES string of the molecule is COC(=O)c1csc(NC(=O)C(CC2CCCC2)N2C(=O)NC(c3ccc4c(c3)OCO4)C2=O)n1. The summed E-state index contributed by atoms with van der Waals surface area (Å²) >= 11 is 1.06. The molecule has 0 bridgehead atoms. The van der Waals surface area contributed by atoms with Gasteiger partial charge in [-0.15, -0.1) is 11.3 Å². The average Bonchev–Trinajstić information content (AvgIpc) is 3.65. The van der Waals surface area contributed by atoms with Gasteiger partial charge in [-0.25, -0.2) is 19.5 Å². The van der Waals surface area contributed by atoms with Crippen LogP contribution >= 0.6 is 11.3 Å². The standard InChI is InChI=1S/C23H24N4O7S/c1-32-21(30)14-10-35-22(24-14)26-19(28)15(8-12-4-2-3-5-12)27-20(29)18(25-23(27)31)13-6-7-16-17(9-13)34-11-33-16/h6-7,9-10,12,15,18H,2-5,8,11H2,1H3,(H,25,31)(H,24,26,28). The minimum atomic E-state index is -1.02. The number of amides is 4. The number of ether oxygens (including phenoxy) is 3. The molecule has 3 heterocycles. The van der Waals surface area contributed by atoms with Gasteiger partial charge in [0, 0.05) is 5.38 Å². The first-order valence-electron chi connectivity index (χ1n) is 11.3. The van der Waals surface area contributed by atoms with Crippen LogP contribution in [0.1, 0.15) is 54.2 Å². The normalized spacial score (nSPS) is 20.1. The molecule has 11 nitrogen and oxygen atoms in total. The quantitative estimate of drug-likeness (QED) is 0.438. The molecule has 1 saturated heterocycles. The highest BCUT2D eigenvalue weighted by molar-refractivity contribution is 7.14. The van der Waals surface area contributed by atoms with Crippen LogP contribution in [0.3, 0.4) is 0 Å². The topological polar surface area (TPSA) is 136 Å². The fourth-order valence-electron chi connectivity index (χ4n) is 4.72. The molecule has 2 atom stereocenters. The van der Waals surface area contributed by atoms with Crippen LogP contribution in [0.4, 0.5) is 9.93 Å². The van der Waals surface area contributed by atoms with Crippen LogP contribution in [-0.4, -0.2) is 53.6 Å². The van der Waals surface area contributed by atoms with E-state index in [4.69, 9.17) is 9.47 Å². The first-order valence-corrected chi connectivity index (χ1v) is 12.2. The molecule has 35 heavy (non-hydrogen) atoms. The Kier molecular flexibility index (Phi) is 6.29. The zero-order valence-electron chi connectivity index (χ0n) is 18.9. The van der Waals surface area contributed by atoms with E-state index in [1.165, 1.54) is 12.5 Å². The van der Waals surface area contributed by atoms with Crippen LogP contribution in [0, 0.1) is 5.92 Å². The van der Waals surface area contributed by atoms with Crippen LogP contribution in [0.5, 0.6) is 11.5 Å². The summed E-state index contributed by atoms with van der Waals surface area (Å²) in [4.78, 5) is 56.6. The minimum absolute atomic E-state index is 0.0676. The highest BCUT2D eigenvalue weighted by Gasteiger charge is 2.46. The number of carbonyl (C=O) groups excluding carboxylic acids is 4. The zero-order valence-corrected chi connectivity index (χ0v) is 19.8. The molecule has 2 unspecified atom stereocenters. The highest BCUT2D eigenvalue weighted by Crippen LogP contribution is 2.37. The van der Waals surface area contributed by atoms with Crippen LogP contribution in [-0.2, 0) is 14.3 Å². The molecule has 1 saturated carbocycles. The van der Waals surface area contributed by atoms with Crippen molar-refractivity contribution < 1.29 is 33.4 Å². The lowest BCUT2D eigenvalue weighted by Gasteiger charge is -2.26. The van der Waals surface area contributed by atoms with Crippen molar-refractivity contribution in [3.05, 3.63) is 34.8 Å². The first kappa shape index (κ1) is 23.1. The number of hydrogen-bond acceptors (Lipinski definition) is 9. The first-order chi connectivity index (χ1) is 16.9. The second-order valence-corrected chi connectivity index (χ2v) is 9.48. The fraction of sp³-hybridized carbons (Fsp3) is 0.435. The van der Waals surface area contributed by atoms with Gasteiger partial charge in [0.2, 0.25) is 12.7 Å². The summed E-state index contributed by atoms with van der Waals surface area (Å²) in [6, 6.07) is 2.44. The third-order valence-corrected chi connectivity index (χ3v) is 7.23. The molecule has 1 aliphatic carbocycles. The maximum absolute atomic E-state index is 13.4. The van der Waals surface area contributed by atoms with Crippen molar-refractivity contribution in [2.24, 2.45) is 5.92 Å². The molecule has 12 heteroatoms. The summed E-state index contributed by atoms with van der Waals surface area (Å²) in [5.41, 5.74) is 0.607. The van der Waals surface area contributed by atoms with E-state index in [2.05, 4.69) is 20.4 Å². The van der Waals surface area contributed by atoms with E-state index in [-0.39, 0.29) is 23.5 Å². The minimum Gasteiger partial charge on any atom is -0.464 e. The van der Waals surface area contributed by atoms with Gasteiger partial charge in [0.15, 0.2) is 22.3 Å². The van der Waals surface area contributed by atoms with Crippen molar-refractivity contribution in [1.29, 1.82) is 0 Å². The Bertz CT molecular complexity index is 1180. The van der Waals surface area contributed by atoms with E-state index in [0.717, 1.165) is 41.9 Å². The van der Waals surface area contributed by atoms with Gasteiger partial charge in [0.05, 0.1) is 7.11 Å². The molecular formula is C23H24N4O7S. The van der Waals surface area contributed by atoms with E-state index in [0.29, 0.717) is 23.5 Å². The molecule has 2 aromatic rings. The number of rotatable bonds is 7. The largest absolute Gasteiger partial charge is 0.464 e. The van der Waals surface area contributed by atoms with Gasteiger partial charge in [-0.2, -0.15) is 0 Å². The van der Waals surface area contributed by atoms with Crippen molar-refractivity contribution in [1.82, 2.24) is 15.2 Å². The van der Waals surface area contributed by atoms with E-state index < -0.39 is 35.9 Å². The number of anilines is 1. The summed E-state index contributed by atoms with van der Waals surface area (Å²) in [5.74, 6) is -0.384. The number of benzene rings is 1. The Morgan fingerprint density at radius 2 is 2.03 bits per heavy atom. The maximum atomic E-state index is 13.4. The number of aromatic nitrogens is 1. The average molecular weight is 501 g/mol. The number of imide groups is 1. The number of esters is 1. The fourth-order valence-corrected chi connectivity index (χ4v) is 5.40. The number of hydrogen-bond donors (Lipinski definition) is 2. The number of thiazole rings is 1. The molecule has 1 aromatic carbocycles. The molecule has 0 spiro atoms. The second kappa shape index (κ2) is 9.53. The van der Waals surface area contributed by atoms with E-state index >= 15 is 0 Å². The Morgan fingerprint density at radius 3 is 2.80 bits per heavy atom. The molecule has 184 valence electrons. The number of fused-ring (bicyclic) bond motifs is 1. The summed E-state index contributed by atoms with van der Waals surface area (Å²) < 4.78 is 15.4. The number of urea groups is 1. The maximum Gasteiger partial charge on any atom is 0.357 e. The summed E-state index contributed by atoms with van der Waals surface area (Å²) in [7, 11) is 1.24. The molecule has 2 fully saturated rings. The molecular weight excluding hydrogens is 476 g/mol. The lowest BCUT2D eigenvalue weighted by atomic mass is 9.96. The van der Waals surface area contributed by atoms with Gasteiger partial charge in [0.1, 0.15) is 12.1 Å². The van der Waals surface area contributed by atoms with Crippen LogP contribution < -0.4 is 20.1 Å². The molecule has 2 aliphatic heterocycles. The Hall–Kier alpha value is -3.67. The van der Waals surface area contributed by atoms with Gasteiger partial charge in [-0.1, -0.05) is 31.7 Å². The van der Waals surface area contributed by atoms with Crippen molar-refractivity contribution in [2.75, 3.05) is 19.2 Å². The number of methoxy groups -OCH3 is 1.